The van der Waals surface area contributed by atoms with E-state index in [0.717, 1.165) is 22.4 Å². The Hall–Kier alpha value is -2.41. The zero-order valence-electron chi connectivity index (χ0n) is 15.2. The summed E-state index contributed by atoms with van der Waals surface area (Å²) in [6, 6.07) is 17.5. The van der Waals surface area contributed by atoms with Crippen LogP contribution in [0.2, 0.25) is 5.02 Å². The molecule has 140 valence electrons. The lowest BCUT2D eigenvalue weighted by molar-refractivity contribution is -0.121. The molecular weight excluding hydrogens is 410 g/mol. The SMILES string of the molecule is C/C(=C1/S/C(=N/c2nc(-c3ccccc3)cs2)N(C)C1=O)c1ccc(Cl)cc1. The Labute approximate surface area is 176 Å². The van der Waals surface area contributed by atoms with Gasteiger partial charge in [0, 0.05) is 23.0 Å². The van der Waals surface area contributed by atoms with Gasteiger partial charge in [0.05, 0.1) is 10.6 Å². The molecule has 0 spiro atoms. The van der Waals surface area contributed by atoms with Gasteiger partial charge in [-0.05, 0) is 42.0 Å². The van der Waals surface area contributed by atoms with E-state index in [-0.39, 0.29) is 5.91 Å². The first kappa shape index (κ1) is 18.9. The maximum absolute atomic E-state index is 12.7. The number of rotatable bonds is 3. The lowest BCUT2D eigenvalue weighted by atomic mass is 10.1. The third-order valence-electron chi connectivity index (χ3n) is 4.35. The Morgan fingerprint density at radius 1 is 1.11 bits per heavy atom. The second-order valence-corrected chi connectivity index (χ2v) is 8.45. The van der Waals surface area contributed by atoms with Crippen molar-refractivity contribution in [3.8, 4) is 11.3 Å². The average Bonchev–Trinajstić information content (AvgIpc) is 3.29. The molecule has 7 heteroatoms. The highest BCUT2D eigenvalue weighted by Crippen LogP contribution is 2.38. The highest BCUT2D eigenvalue weighted by Gasteiger charge is 2.32. The minimum atomic E-state index is -0.0592. The van der Waals surface area contributed by atoms with Crippen molar-refractivity contribution < 1.29 is 4.79 Å². The van der Waals surface area contributed by atoms with Crippen LogP contribution in [0.4, 0.5) is 5.13 Å². The third-order valence-corrected chi connectivity index (χ3v) is 6.57. The van der Waals surface area contributed by atoms with E-state index in [1.807, 2.05) is 66.9 Å². The molecule has 0 unspecified atom stereocenters. The van der Waals surface area contributed by atoms with Crippen molar-refractivity contribution in [2.45, 2.75) is 6.92 Å². The van der Waals surface area contributed by atoms with Gasteiger partial charge in [-0.15, -0.1) is 11.3 Å². The van der Waals surface area contributed by atoms with Gasteiger partial charge < -0.3 is 0 Å². The van der Waals surface area contributed by atoms with Crippen LogP contribution in [0.3, 0.4) is 0 Å². The molecule has 2 aromatic carbocycles. The number of benzene rings is 2. The lowest BCUT2D eigenvalue weighted by Gasteiger charge is -2.07. The molecule has 1 aromatic heterocycles. The molecule has 4 rings (SSSR count). The standard InChI is InChI=1S/C21H16ClN3OS2/c1-13(14-8-10-16(22)11-9-14)18-19(26)25(2)21(28-18)24-20-23-17(12-27-20)15-6-4-3-5-7-15/h3-12H,1-2H3/b18-13-,24-21+. The van der Waals surface area contributed by atoms with Gasteiger partial charge in [-0.1, -0.05) is 54.1 Å². The second kappa shape index (κ2) is 7.91. The molecule has 0 atom stereocenters. The number of carbonyl (C=O) groups excluding carboxylic acids is 1. The van der Waals surface area contributed by atoms with E-state index < -0.39 is 0 Å². The van der Waals surface area contributed by atoms with Crippen LogP contribution in [0.1, 0.15) is 12.5 Å². The van der Waals surface area contributed by atoms with E-state index in [1.165, 1.54) is 23.1 Å². The normalized spacial score (nSPS) is 17.5. The fourth-order valence-electron chi connectivity index (χ4n) is 2.75. The van der Waals surface area contributed by atoms with Crippen molar-refractivity contribution in [3.63, 3.8) is 0 Å². The van der Waals surface area contributed by atoms with Crippen molar-refractivity contribution in [3.05, 3.63) is 75.5 Å². The quantitative estimate of drug-likeness (QED) is 0.477. The number of aliphatic imine (C=N–C) groups is 1. The molecule has 0 aliphatic carbocycles. The Morgan fingerprint density at radius 2 is 1.82 bits per heavy atom. The zero-order chi connectivity index (χ0) is 19.7. The fraction of sp³-hybridized carbons (Fsp3) is 0.0952. The predicted molar refractivity (Wildman–Crippen MR) is 119 cm³/mol. The number of nitrogens with zero attached hydrogens (tertiary/aromatic N) is 3. The van der Waals surface area contributed by atoms with Gasteiger partial charge in [-0.3, -0.25) is 9.69 Å². The summed E-state index contributed by atoms with van der Waals surface area (Å²) in [6.07, 6.45) is 0. The molecule has 0 N–H and O–H groups in total. The van der Waals surface area contributed by atoms with Gasteiger partial charge in [-0.25, -0.2) is 4.98 Å². The second-order valence-electron chi connectivity index (χ2n) is 6.20. The predicted octanol–water partition coefficient (Wildman–Crippen LogP) is 6.09. The summed E-state index contributed by atoms with van der Waals surface area (Å²) in [4.78, 5) is 24.2. The molecule has 4 nitrogen and oxygen atoms in total. The van der Waals surface area contributed by atoms with Gasteiger partial charge in [0.25, 0.3) is 5.91 Å². The van der Waals surface area contributed by atoms with Crippen molar-refractivity contribution in [2.24, 2.45) is 4.99 Å². The lowest BCUT2D eigenvalue weighted by Crippen LogP contribution is -2.23. The Kier molecular flexibility index (Phi) is 5.35. The van der Waals surface area contributed by atoms with Crippen molar-refractivity contribution in [1.82, 2.24) is 9.88 Å². The summed E-state index contributed by atoms with van der Waals surface area (Å²) in [5, 5.41) is 3.91. The number of hydrogen-bond acceptors (Lipinski definition) is 5. The van der Waals surface area contributed by atoms with Crippen LogP contribution in [0, 0.1) is 0 Å². The molecular formula is C21H16ClN3OS2. The number of carbonyl (C=O) groups is 1. The molecule has 1 amide bonds. The van der Waals surface area contributed by atoms with Gasteiger partial charge in [-0.2, -0.15) is 4.99 Å². The van der Waals surface area contributed by atoms with Crippen LogP contribution in [0.5, 0.6) is 0 Å². The summed E-state index contributed by atoms with van der Waals surface area (Å²) in [5.74, 6) is -0.0592. The number of hydrogen-bond donors (Lipinski definition) is 0. The Balaban J connectivity index is 1.63. The number of thiazole rings is 1. The first-order valence-electron chi connectivity index (χ1n) is 8.55. The highest BCUT2D eigenvalue weighted by atomic mass is 35.5. The summed E-state index contributed by atoms with van der Waals surface area (Å²) >= 11 is 8.80. The average molecular weight is 426 g/mol. The summed E-state index contributed by atoms with van der Waals surface area (Å²) in [6.45, 7) is 1.94. The van der Waals surface area contributed by atoms with Crippen LogP contribution >= 0.6 is 34.7 Å². The Bertz CT molecular complexity index is 1090. The third kappa shape index (κ3) is 3.76. The van der Waals surface area contributed by atoms with E-state index in [0.29, 0.717) is 20.2 Å². The van der Waals surface area contributed by atoms with Crippen LogP contribution in [-0.4, -0.2) is 28.0 Å². The number of likely N-dealkylation sites (N-methyl/N-ethyl adjacent to an activating group) is 1. The summed E-state index contributed by atoms with van der Waals surface area (Å²) in [7, 11) is 1.74. The minimum absolute atomic E-state index is 0.0592. The first-order chi connectivity index (χ1) is 13.5. The molecule has 2 heterocycles. The maximum atomic E-state index is 12.7. The van der Waals surface area contributed by atoms with E-state index >= 15 is 0 Å². The highest BCUT2D eigenvalue weighted by molar-refractivity contribution is 8.18. The number of halogens is 1. The molecule has 1 aliphatic heterocycles. The van der Waals surface area contributed by atoms with Gasteiger partial charge in [0.1, 0.15) is 0 Å². The topological polar surface area (TPSA) is 45.6 Å². The molecule has 0 bridgehead atoms. The number of amides is 1. The number of thioether (sulfide) groups is 1. The Morgan fingerprint density at radius 3 is 2.54 bits per heavy atom. The van der Waals surface area contributed by atoms with Gasteiger partial charge in [0.2, 0.25) is 5.13 Å². The van der Waals surface area contributed by atoms with E-state index in [1.54, 1.807) is 11.9 Å². The van der Waals surface area contributed by atoms with Crippen LogP contribution in [0.15, 0.2) is 69.9 Å². The van der Waals surface area contributed by atoms with Crippen molar-refractivity contribution in [1.29, 1.82) is 0 Å². The maximum Gasteiger partial charge on any atom is 0.266 e. The van der Waals surface area contributed by atoms with Crippen LogP contribution in [0.25, 0.3) is 16.8 Å². The molecule has 28 heavy (non-hydrogen) atoms. The zero-order valence-corrected chi connectivity index (χ0v) is 17.6. The van der Waals surface area contributed by atoms with Gasteiger partial charge >= 0.3 is 0 Å². The molecule has 0 radical (unpaired) electrons. The van der Waals surface area contributed by atoms with E-state index in [4.69, 9.17) is 11.6 Å². The smallest absolute Gasteiger partial charge is 0.266 e. The van der Waals surface area contributed by atoms with Gasteiger partial charge in [0.15, 0.2) is 5.17 Å². The first-order valence-corrected chi connectivity index (χ1v) is 10.6. The number of allylic oxidation sites excluding steroid dienone is 1. The summed E-state index contributed by atoms with van der Waals surface area (Å²) in [5.41, 5.74) is 3.81. The summed E-state index contributed by atoms with van der Waals surface area (Å²) < 4.78 is 0. The van der Waals surface area contributed by atoms with Crippen LogP contribution in [-0.2, 0) is 4.79 Å². The molecule has 3 aromatic rings. The van der Waals surface area contributed by atoms with Crippen LogP contribution < -0.4 is 0 Å². The minimum Gasteiger partial charge on any atom is -0.289 e. The molecule has 1 fully saturated rings. The number of amidine groups is 1. The molecule has 0 saturated carbocycles. The fourth-order valence-corrected chi connectivity index (χ4v) is 4.66. The largest absolute Gasteiger partial charge is 0.289 e. The molecule has 1 aliphatic rings. The number of aromatic nitrogens is 1. The van der Waals surface area contributed by atoms with Crippen molar-refractivity contribution in [2.75, 3.05) is 7.05 Å². The molecule has 1 saturated heterocycles. The monoisotopic (exact) mass is 425 g/mol. The van der Waals surface area contributed by atoms with Crippen molar-refractivity contribution >= 4 is 56.5 Å². The van der Waals surface area contributed by atoms with E-state index in [9.17, 15) is 4.79 Å². The van der Waals surface area contributed by atoms with E-state index in [2.05, 4.69) is 9.98 Å².